The first kappa shape index (κ1) is 22.2. The van der Waals surface area contributed by atoms with Crippen molar-refractivity contribution in [1.29, 1.82) is 0 Å². The Balaban J connectivity index is 1.51. The van der Waals surface area contributed by atoms with Gasteiger partial charge in [-0.15, -0.1) is 16.6 Å². The molecule has 11 heteroatoms. The van der Waals surface area contributed by atoms with Gasteiger partial charge in [-0.3, -0.25) is 4.98 Å². The molecule has 0 bridgehead atoms. The van der Waals surface area contributed by atoms with Crippen LogP contribution >= 0.6 is 11.3 Å². The van der Waals surface area contributed by atoms with Gasteiger partial charge in [0.15, 0.2) is 5.01 Å². The number of hydrogen-bond acceptors (Lipinski definition) is 8. The maximum absolute atomic E-state index is 13.7. The van der Waals surface area contributed by atoms with Crippen molar-refractivity contribution in [3.05, 3.63) is 42.2 Å². The monoisotopic (exact) mass is 481 g/mol. The van der Waals surface area contributed by atoms with Gasteiger partial charge >= 0.3 is 6.11 Å². The van der Waals surface area contributed by atoms with Gasteiger partial charge < -0.3 is 15.0 Å². The van der Waals surface area contributed by atoms with Crippen LogP contribution in [0.4, 0.5) is 19.6 Å². The van der Waals surface area contributed by atoms with E-state index in [4.69, 9.17) is 6.42 Å². The minimum absolute atomic E-state index is 0.0690. The molecule has 5 heterocycles. The molecule has 174 valence electrons. The van der Waals surface area contributed by atoms with Gasteiger partial charge in [0.2, 0.25) is 5.13 Å². The third-order valence-corrected chi connectivity index (χ3v) is 6.26. The second-order valence-corrected chi connectivity index (χ2v) is 9.11. The zero-order chi connectivity index (χ0) is 23.9. The number of ether oxygens (including phenoxy) is 1. The molecule has 1 N–H and O–H groups in total. The van der Waals surface area contributed by atoms with Gasteiger partial charge in [0, 0.05) is 30.0 Å². The summed E-state index contributed by atoms with van der Waals surface area (Å²) in [6.45, 7) is 3.77. The summed E-state index contributed by atoms with van der Waals surface area (Å²) in [7, 11) is 0. The molecule has 0 aromatic carbocycles. The summed E-state index contributed by atoms with van der Waals surface area (Å²) in [4.78, 5) is 6.14. The van der Waals surface area contributed by atoms with Crippen molar-refractivity contribution in [2.24, 2.45) is 0 Å². The molecule has 4 aromatic rings. The van der Waals surface area contributed by atoms with Crippen molar-refractivity contribution in [2.45, 2.75) is 26.0 Å². The van der Waals surface area contributed by atoms with Crippen molar-refractivity contribution in [3.8, 4) is 34.3 Å². The number of terminal acetylenes is 1. The highest BCUT2D eigenvalue weighted by atomic mass is 32.1. The number of morpholine rings is 1. The lowest BCUT2D eigenvalue weighted by molar-refractivity contribution is -0.240. The first-order valence-electron chi connectivity index (χ1n) is 10.6. The SMILES string of the molecule is C#Cc1cnn2c(-c3cc(NC(C)C)c(-c4nnc(N5CCOC(F)(F)C5)s4)cn3)ccc2c1. The fourth-order valence-corrected chi connectivity index (χ4v) is 4.63. The third kappa shape index (κ3) is 4.30. The first-order valence-corrected chi connectivity index (χ1v) is 11.5. The first-order chi connectivity index (χ1) is 16.3. The molecule has 0 atom stereocenters. The van der Waals surface area contributed by atoms with Crippen LogP contribution in [0.15, 0.2) is 36.7 Å². The lowest BCUT2D eigenvalue weighted by Crippen LogP contribution is -2.46. The van der Waals surface area contributed by atoms with Crippen LogP contribution in [0.5, 0.6) is 0 Å². The number of pyridine rings is 1. The fraction of sp³-hybridized carbons (Fsp3) is 0.304. The van der Waals surface area contributed by atoms with Crippen LogP contribution < -0.4 is 10.2 Å². The molecule has 0 unspecified atom stereocenters. The van der Waals surface area contributed by atoms with E-state index in [9.17, 15) is 8.78 Å². The Morgan fingerprint density at radius 3 is 2.85 bits per heavy atom. The lowest BCUT2D eigenvalue weighted by atomic mass is 10.1. The minimum Gasteiger partial charge on any atom is -0.382 e. The molecule has 1 saturated heterocycles. The van der Waals surface area contributed by atoms with E-state index in [1.807, 2.05) is 38.1 Å². The highest BCUT2D eigenvalue weighted by molar-refractivity contribution is 7.18. The third-order valence-electron chi connectivity index (χ3n) is 5.24. The van der Waals surface area contributed by atoms with Gasteiger partial charge in [-0.2, -0.15) is 13.9 Å². The van der Waals surface area contributed by atoms with Crippen molar-refractivity contribution < 1.29 is 13.5 Å². The van der Waals surface area contributed by atoms with Crippen LogP contribution in [0.25, 0.3) is 27.5 Å². The second kappa shape index (κ2) is 8.62. The maximum atomic E-state index is 13.7. The molecular weight excluding hydrogens is 460 g/mol. The van der Waals surface area contributed by atoms with E-state index < -0.39 is 12.7 Å². The van der Waals surface area contributed by atoms with E-state index in [2.05, 4.69) is 36.3 Å². The minimum atomic E-state index is -3.20. The summed E-state index contributed by atoms with van der Waals surface area (Å²) in [5.41, 5.74) is 4.64. The topological polar surface area (TPSA) is 80.5 Å². The van der Waals surface area contributed by atoms with Crippen molar-refractivity contribution in [3.63, 3.8) is 0 Å². The van der Waals surface area contributed by atoms with Crippen LogP contribution in [0.2, 0.25) is 0 Å². The van der Waals surface area contributed by atoms with Gasteiger partial charge in [-0.1, -0.05) is 17.3 Å². The van der Waals surface area contributed by atoms with Gasteiger partial charge in [0.05, 0.1) is 35.3 Å². The Bertz CT molecular complexity index is 1390. The summed E-state index contributed by atoms with van der Waals surface area (Å²) in [5, 5.41) is 17.3. The molecule has 4 aromatic heterocycles. The smallest absolute Gasteiger partial charge is 0.373 e. The summed E-state index contributed by atoms with van der Waals surface area (Å²) in [6.07, 6.45) is 5.63. The molecule has 5 rings (SSSR count). The summed E-state index contributed by atoms with van der Waals surface area (Å²) < 4.78 is 33.6. The van der Waals surface area contributed by atoms with Crippen molar-refractivity contribution in [1.82, 2.24) is 24.8 Å². The molecule has 0 spiro atoms. The number of hydrogen-bond donors (Lipinski definition) is 1. The molecule has 0 saturated carbocycles. The molecule has 1 fully saturated rings. The van der Waals surface area contributed by atoms with Gasteiger partial charge in [-0.05, 0) is 38.1 Å². The van der Waals surface area contributed by atoms with E-state index in [1.165, 1.54) is 16.2 Å². The number of aromatic nitrogens is 5. The maximum Gasteiger partial charge on any atom is 0.373 e. The number of nitrogens with zero attached hydrogens (tertiary/aromatic N) is 6. The lowest BCUT2D eigenvalue weighted by Gasteiger charge is -2.31. The average molecular weight is 482 g/mol. The van der Waals surface area contributed by atoms with Crippen LogP contribution in [0.3, 0.4) is 0 Å². The Hall–Kier alpha value is -3.62. The Kier molecular flexibility index (Phi) is 5.63. The largest absolute Gasteiger partial charge is 0.382 e. The number of alkyl halides is 2. The molecule has 1 aliphatic rings. The second-order valence-electron chi connectivity index (χ2n) is 8.16. The van der Waals surface area contributed by atoms with E-state index in [0.29, 0.717) is 27.9 Å². The van der Waals surface area contributed by atoms with E-state index in [0.717, 1.165) is 22.5 Å². The van der Waals surface area contributed by atoms with Gasteiger partial charge in [0.25, 0.3) is 0 Å². The zero-order valence-corrected chi connectivity index (χ0v) is 19.3. The van der Waals surface area contributed by atoms with Crippen LogP contribution in [-0.2, 0) is 4.74 Å². The molecule has 0 aliphatic carbocycles. The Labute approximate surface area is 198 Å². The van der Waals surface area contributed by atoms with Gasteiger partial charge in [-0.25, -0.2) is 4.52 Å². The average Bonchev–Trinajstić information content (AvgIpc) is 3.45. The van der Waals surface area contributed by atoms with Crippen LogP contribution in [0, 0.1) is 12.3 Å². The number of anilines is 2. The predicted octanol–water partition coefficient (Wildman–Crippen LogP) is 4.15. The summed E-state index contributed by atoms with van der Waals surface area (Å²) in [6, 6.07) is 7.82. The number of rotatable bonds is 5. The number of nitrogens with one attached hydrogen (secondary N) is 1. The normalized spacial score (nSPS) is 15.6. The number of fused-ring (bicyclic) bond motifs is 1. The highest BCUT2D eigenvalue weighted by Crippen LogP contribution is 2.37. The molecule has 8 nitrogen and oxygen atoms in total. The standard InChI is InChI=1S/C23H21F2N7OS/c1-4-15-9-16-5-6-20(32(16)27-11-15)19-10-18(28-14(2)3)17(12-26-19)21-29-30-22(34-21)31-7-8-33-23(24,25)13-31/h1,5-6,9-12,14H,7-8,13H2,2-3H3,(H,26,28). The van der Waals surface area contributed by atoms with Crippen molar-refractivity contribution >= 4 is 27.7 Å². The zero-order valence-electron chi connectivity index (χ0n) is 18.5. The van der Waals surface area contributed by atoms with Crippen molar-refractivity contribution in [2.75, 3.05) is 29.9 Å². The summed E-state index contributed by atoms with van der Waals surface area (Å²) >= 11 is 1.24. The summed E-state index contributed by atoms with van der Waals surface area (Å²) in [5.74, 6) is 2.59. The molecule has 1 aliphatic heterocycles. The van der Waals surface area contributed by atoms with E-state index >= 15 is 0 Å². The molecule has 34 heavy (non-hydrogen) atoms. The molecular formula is C23H21F2N7OS. The quantitative estimate of drug-likeness (QED) is 0.429. The van der Waals surface area contributed by atoms with Gasteiger partial charge in [0.1, 0.15) is 6.54 Å². The van der Waals surface area contributed by atoms with Crippen LogP contribution in [0.1, 0.15) is 19.4 Å². The van der Waals surface area contributed by atoms with E-state index in [-0.39, 0.29) is 12.6 Å². The van der Waals surface area contributed by atoms with Crippen LogP contribution in [-0.4, -0.2) is 56.6 Å². The molecule has 0 amide bonds. The fourth-order valence-electron chi connectivity index (χ4n) is 3.74. The Morgan fingerprint density at radius 2 is 2.09 bits per heavy atom. The highest BCUT2D eigenvalue weighted by Gasteiger charge is 2.38. The Morgan fingerprint density at radius 1 is 1.24 bits per heavy atom. The molecule has 0 radical (unpaired) electrons. The van der Waals surface area contributed by atoms with E-state index in [1.54, 1.807) is 16.9 Å². The number of halogens is 2. The predicted molar refractivity (Wildman–Crippen MR) is 127 cm³/mol.